The van der Waals surface area contributed by atoms with Gasteiger partial charge >= 0.3 is 6.03 Å². The average Bonchev–Trinajstić information content (AvgIpc) is 3.00. The van der Waals surface area contributed by atoms with Gasteiger partial charge in [0.05, 0.1) is 41.1 Å². The zero-order valence-electron chi connectivity index (χ0n) is 24.4. The molecule has 0 unspecified atom stereocenters. The number of urea groups is 1. The van der Waals surface area contributed by atoms with Gasteiger partial charge in [-0.05, 0) is 67.4 Å². The molecule has 1 heterocycles. The van der Waals surface area contributed by atoms with Gasteiger partial charge in [0.15, 0.2) is 29.6 Å². The number of nitrogens with one attached hydrogen (secondary N) is 2. The molecular formula is C31H28Cl3N3O8. The molecule has 3 aromatic rings. The number of amides is 5. The van der Waals surface area contributed by atoms with Crippen LogP contribution in [0, 0.1) is 0 Å². The first-order chi connectivity index (χ1) is 21.6. The van der Waals surface area contributed by atoms with E-state index in [1.54, 1.807) is 19.1 Å². The van der Waals surface area contributed by atoms with Gasteiger partial charge in [-0.1, -0.05) is 41.7 Å². The second-order valence-electron chi connectivity index (χ2n) is 9.37. The number of carbonyl (C=O) groups is 4. The second kappa shape index (κ2) is 15.0. The Bertz CT molecular complexity index is 1680. The average molecular weight is 677 g/mol. The number of anilines is 2. The summed E-state index contributed by atoms with van der Waals surface area (Å²) in [6.07, 6.45) is 2.03. The molecule has 0 aromatic heterocycles. The molecule has 0 saturated carbocycles. The van der Waals surface area contributed by atoms with Gasteiger partial charge in [-0.15, -0.1) is 0 Å². The molecule has 5 amide bonds. The minimum Gasteiger partial charge on any atom is -0.493 e. The van der Waals surface area contributed by atoms with Crippen molar-refractivity contribution < 1.29 is 38.1 Å². The highest BCUT2D eigenvalue weighted by atomic mass is 35.5. The summed E-state index contributed by atoms with van der Waals surface area (Å²) >= 11 is 18.4. The SMILES string of the molecule is CCCOc1ccc(N2C(=O)NC(=O)/C(=C\c3cc(Cl)c(OCC(=O)Nc4ccc(Cl)c(Cl)c4)c(OC)c3)C2=O)cc1OCC. The van der Waals surface area contributed by atoms with Gasteiger partial charge in [0, 0.05) is 11.8 Å². The van der Waals surface area contributed by atoms with Crippen LogP contribution in [0.25, 0.3) is 6.08 Å². The van der Waals surface area contributed by atoms with Crippen LogP contribution in [0.2, 0.25) is 15.1 Å². The molecule has 1 aliphatic heterocycles. The number of halogens is 3. The first-order valence-electron chi connectivity index (χ1n) is 13.6. The Kier molecular flexibility index (Phi) is 11.2. The van der Waals surface area contributed by atoms with E-state index in [2.05, 4.69) is 10.6 Å². The summed E-state index contributed by atoms with van der Waals surface area (Å²) in [7, 11) is 1.36. The number of hydrogen-bond donors (Lipinski definition) is 2. The van der Waals surface area contributed by atoms with Crippen molar-refractivity contribution in [1.29, 1.82) is 0 Å². The number of nitrogens with zero attached hydrogens (tertiary/aromatic N) is 1. The summed E-state index contributed by atoms with van der Waals surface area (Å²) in [6.45, 7) is 4.09. The minimum absolute atomic E-state index is 0.0316. The van der Waals surface area contributed by atoms with Crippen LogP contribution in [0.4, 0.5) is 16.2 Å². The van der Waals surface area contributed by atoms with Crippen molar-refractivity contribution in [3.63, 3.8) is 0 Å². The van der Waals surface area contributed by atoms with Crippen molar-refractivity contribution in [1.82, 2.24) is 5.32 Å². The maximum absolute atomic E-state index is 13.5. The molecule has 1 saturated heterocycles. The number of rotatable bonds is 12. The molecule has 0 radical (unpaired) electrons. The van der Waals surface area contributed by atoms with Crippen LogP contribution in [0.5, 0.6) is 23.0 Å². The standard InChI is InChI=1S/C31H28Cl3N3O8/c1-4-10-44-24-9-7-19(15-25(24)43-5-2)37-30(40)20(29(39)36-31(37)41)11-17-12-23(34)28(26(13-17)42-3)45-16-27(38)35-18-6-8-21(32)22(33)14-18/h6-9,11-15H,4-5,10,16H2,1-3H3,(H,35,38)(H,36,39,41)/b20-11+. The lowest BCUT2D eigenvalue weighted by atomic mass is 10.1. The molecule has 11 nitrogen and oxygen atoms in total. The van der Waals surface area contributed by atoms with E-state index < -0.39 is 30.4 Å². The Morgan fingerprint density at radius 3 is 2.36 bits per heavy atom. The molecule has 0 atom stereocenters. The third-order valence-electron chi connectivity index (χ3n) is 6.16. The van der Waals surface area contributed by atoms with Crippen molar-refractivity contribution in [2.45, 2.75) is 20.3 Å². The fraction of sp³-hybridized carbons (Fsp3) is 0.226. The lowest BCUT2D eigenvalue weighted by Crippen LogP contribution is -2.54. The molecule has 4 rings (SSSR count). The van der Waals surface area contributed by atoms with Crippen LogP contribution in [0.1, 0.15) is 25.8 Å². The van der Waals surface area contributed by atoms with Crippen molar-refractivity contribution in [3.05, 3.63) is 74.7 Å². The number of methoxy groups -OCH3 is 1. The Balaban J connectivity index is 1.56. The molecule has 45 heavy (non-hydrogen) atoms. The van der Waals surface area contributed by atoms with E-state index >= 15 is 0 Å². The molecular weight excluding hydrogens is 649 g/mol. The molecule has 1 aliphatic rings. The van der Waals surface area contributed by atoms with Gasteiger partial charge in [-0.2, -0.15) is 0 Å². The molecule has 0 aliphatic carbocycles. The third kappa shape index (κ3) is 7.99. The normalized spacial score (nSPS) is 13.9. The fourth-order valence-electron chi connectivity index (χ4n) is 4.17. The Morgan fingerprint density at radius 2 is 1.67 bits per heavy atom. The Morgan fingerprint density at radius 1 is 0.889 bits per heavy atom. The summed E-state index contributed by atoms with van der Waals surface area (Å²) in [5.41, 5.74) is 0.528. The van der Waals surface area contributed by atoms with E-state index in [-0.39, 0.29) is 38.4 Å². The molecule has 0 spiro atoms. The smallest absolute Gasteiger partial charge is 0.335 e. The largest absolute Gasteiger partial charge is 0.493 e. The Labute approximate surface area is 273 Å². The highest BCUT2D eigenvalue weighted by Gasteiger charge is 2.37. The van der Waals surface area contributed by atoms with Gasteiger partial charge in [0.2, 0.25) is 0 Å². The summed E-state index contributed by atoms with van der Waals surface area (Å²) in [4.78, 5) is 52.3. The van der Waals surface area contributed by atoms with Gasteiger partial charge in [-0.25, -0.2) is 9.69 Å². The monoisotopic (exact) mass is 675 g/mol. The minimum atomic E-state index is -0.926. The number of ether oxygens (including phenoxy) is 4. The van der Waals surface area contributed by atoms with Crippen LogP contribution in [0.3, 0.4) is 0 Å². The number of carbonyl (C=O) groups excluding carboxylic acids is 4. The quantitative estimate of drug-likeness (QED) is 0.164. The second-order valence-corrected chi connectivity index (χ2v) is 10.6. The zero-order chi connectivity index (χ0) is 32.7. The van der Waals surface area contributed by atoms with E-state index in [9.17, 15) is 19.2 Å². The molecule has 1 fully saturated rings. The molecule has 2 N–H and O–H groups in total. The van der Waals surface area contributed by atoms with E-state index in [0.717, 1.165) is 11.3 Å². The number of barbiturate groups is 1. The maximum atomic E-state index is 13.5. The summed E-state index contributed by atoms with van der Waals surface area (Å²) < 4.78 is 22.4. The lowest BCUT2D eigenvalue weighted by molar-refractivity contribution is -0.122. The van der Waals surface area contributed by atoms with Crippen molar-refractivity contribution in [2.24, 2.45) is 0 Å². The molecule has 3 aromatic carbocycles. The van der Waals surface area contributed by atoms with E-state index in [1.807, 2.05) is 6.92 Å². The van der Waals surface area contributed by atoms with Crippen LogP contribution >= 0.6 is 34.8 Å². The van der Waals surface area contributed by atoms with Crippen molar-refractivity contribution in [2.75, 3.05) is 37.1 Å². The van der Waals surface area contributed by atoms with Crippen LogP contribution < -0.4 is 34.5 Å². The number of imide groups is 2. The topological polar surface area (TPSA) is 132 Å². The van der Waals surface area contributed by atoms with E-state index in [4.69, 9.17) is 53.8 Å². The first kappa shape index (κ1) is 33.4. The molecule has 14 heteroatoms. The van der Waals surface area contributed by atoms with Gasteiger partial charge in [-0.3, -0.25) is 19.7 Å². The first-order valence-corrected chi connectivity index (χ1v) is 14.8. The lowest BCUT2D eigenvalue weighted by Gasteiger charge is -2.27. The van der Waals surface area contributed by atoms with Gasteiger partial charge < -0.3 is 24.3 Å². The third-order valence-corrected chi connectivity index (χ3v) is 7.18. The maximum Gasteiger partial charge on any atom is 0.335 e. The summed E-state index contributed by atoms with van der Waals surface area (Å²) in [6, 6.07) is 11.1. The fourth-order valence-corrected chi connectivity index (χ4v) is 4.74. The van der Waals surface area contributed by atoms with Crippen LogP contribution in [0.15, 0.2) is 54.1 Å². The number of benzene rings is 3. The highest BCUT2D eigenvalue weighted by Crippen LogP contribution is 2.38. The van der Waals surface area contributed by atoms with Crippen molar-refractivity contribution in [3.8, 4) is 23.0 Å². The summed E-state index contributed by atoms with van der Waals surface area (Å²) in [5, 5.41) is 5.45. The van der Waals surface area contributed by atoms with E-state index in [0.29, 0.717) is 35.4 Å². The zero-order valence-corrected chi connectivity index (χ0v) is 26.6. The molecule has 236 valence electrons. The van der Waals surface area contributed by atoms with E-state index in [1.165, 1.54) is 49.6 Å². The predicted molar refractivity (Wildman–Crippen MR) is 171 cm³/mol. The van der Waals surface area contributed by atoms with Crippen LogP contribution in [-0.2, 0) is 14.4 Å². The predicted octanol–water partition coefficient (Wildman–Crippen LogP) is 6.53. The molecule has 0 bridgehead atoms. The highest BCUT2D eigenvalue weighted by molar-refractivity contribution is 6.42. The van der Waals surface area contributed by atoms with Gasteiger partial charge in [0.1, 0.15) is 5.57 Å². The van der Waals surface area contributed by atoms with Crippen molar-refractivity contribution >= 4 is 76.0 Å². The summed E-state index contributed by atoms with van der Waals surface area (Å²) in [5.74, 6) is -1.32. The Hall–Kier alpha value is -4.45. The number of hydrogen-bond acceptors (Lipinski definition) is 8. The van der Waals surface area contributed by atoms with Gasteiger partial charge in [0.25, 0.3) is 17.7 Å². The van der Waals surface area contributed by atoms with Crippen LogP contribution in [-0.4, -0.2) is 50.7 Å².